The molecule has 4 rings (SSSR count). The van der Waals surface area contributed by atoms with Crippen LogP contribution in [0.25, 0.3) is 32.9 Å². The van der Waals surface area contributed by atoms with E-state index in [4.69, 9.17) is 4.74 Å². The number of nitrogens with zero attached hydrogens (tertiary/aromatic N) is 5. The lowest BCUT2D eigenvalue weighted by Gasteiger charge is -2.15. The molecule has 0 saturated carbocycles. The Kier molecular flexibility index (Phi) is 7.25. The second-order valence-corrected chi connectivity index (χ2v) is 16.5. The minimum absolute atomic E-state index is 0.221. The van der Waals surface area contributed by atoms with Crippen LogP contribution in [0.4, 0.5) is 5.69 Å². The van der Waals surface area contributed by atoms with E-state index in [1.807, 2.05) is 42.0 Å². The molecule has 4 aromatic rings. The van der Waals surface area contributed by atoms with Crippen molar-refractivity contribution in [1.29, 1.82) is 0 Å². The highest BCUT2D eigenvalue weighted by Crippen LogP contribution is 2.37. The molecule has 0 fully saturated rings. The van der Waals surface area contributed by atoms with E-state index < -0.39 is 8.07 Å². The van der Waals surface area contributed by atoms with Gasteiger partial charge in [-0.05, 0) is 32.0 Å². The van der Waals surface area contributed by atoms with Crippen molar-refractivity contribution in [1.82, 2.24) is 24.7 Å². The first-order valence-corrected chi connectivity index (χ1v) is 15.9. The van der Waals surface area contributed by atoms with Gasteiger partial charge in [-0.3, -0.25) is 4.79 Å². The average molecular weight is 507 g/mol. The highest BCUT2D eigenvalue weighted by atomic mass is 32.1. The third-order valence-electron chi connectivity index (χ3n) is 5.42. The summed E-state index contributed by atoms with van der Waals surface area (Å²) in [5.74, 6) is -0.221. The number of carbonyl (C=O) groups is 1. The maximum Gasteiger partial charge on any atom is 0.250 e. The Hall–Kier alpha value is -3.21. The number of amides is 1. The van der Waals surface area contributed by atoms with Crippen LogP contribution in [0.5, 0.6) is 0 Å². The van der Waals surface area contributed by atoms with Crippen LogP contribution >= 0.6 is 11.3 Å². The van der Waals surface area contributed by atoms with Crippen LogP contribution in [0.3, 0.4) is 0 Å². The molecule has 0 aliphatic heterocycles. The zero-order chi connectivity index (χ0) is 25.2. The van der Waals surface area contributed by atoms with Crippen LogP contribution in [-0.4, -0.2) is 45.3 Å². The summed E-state index contributed by atoms with van der Waals surface area (Å²) >= 11 is 1.53. The molecule has 3 heterocycles. The molecular formula is C25H30N6O2SSi. The fourth-order valence-corrected chi connectivity index (χ4v) is 5.00. The lowest BCUT2D eigenvalue weighted by atomic mass is 10.1. The minimum atomic E-state index is -1.18. The van der Waals surface area contributed by atoms with Gasteiger partial charge in [-0.15, -0.1) is 10.2 Å². The smallest absolute Gasteiger partial charge is 0.250 e. The summed E-state index contributed by atoms with van der Waals surface area (Å²) in [7, 11) is -1.18. The van der Waals surface area contributed by atoms with Gasteiger partial charge in [0, 0.05) is 43.3 Å². The molecule has 0 atom stereocenters. The first-order chi connectivity index (χ1) is 16.6. The average Bonchev–Trinajstić information content (AvgIpc) is 3.39. The predicted molar refractivity (Wildman–Crippen MR) is 144 cm³/mol. The largest absolute Gasteiger partial charge is 0.361 e. The van der Waals surface area contributed by atoms with Crippen molar-refractivity contribution in [3.8, 4) is 21.8 Å². The number of anilines is 1. The van der Waals surface area contributed by atoms with Crippen LogP contribution in [0.15, 0.2) is 48.9 Å². The highest BCUT2D eigenvalue weighted by molar-refractivity contribution is 7.14. The molecule has 0 bridgehead atoms. The molecule has 0 radical (unpaired) electrons. The number of benzene rings is 1. The summed E-state index contributed by atoms with van der Waals surface area (Å²) in [6.45, 7) is 15.4. The van der Waals surface area contributed by atoms with Gasteiger partial charge in [0.15, 0.2) is 0 Å². The van der Waals surface area contributed by atoms with E-state index in [2.05, 4.69) is 51.7 Å². The first kappa shape index (κ1) is 24.9. The van der Waals surface area contributed by atoms with Crippen molar-refractivity contribution >= 4 is 42.0 Å². The van der Waals surface area contributed by atoms with Gasteiger partial charge in [-0.1, -0.05) is 49.7 Å². The molecule has 3 aromatic heterocycles. The molecule has 10 heteroatoms. The quantitative estimate of drug-likeness (QED) is 0.176. The van der Waals surface area contributed by atoms with Gasteiger partial charge < -0.3 is 14.6 Å². The lowest BCUT2D eigenvalue weighted by Crippen LogP contribution is -2.22. The van der Waals surface area contributed by atoms with Gasteiger partial charge in [0.2, 0.25) is 0 Å². The topological polar surface area (TPSA) is 94.8 Å². The Morgan fingerprint density at radius 1 is 1.23 bits per heavy atom. The van der Waals surface area contributed by atoms with Crippen molar-refractivity contribution in [2.45, 2.75) is 46.3 Å². The van der Waals surface area contributed by atoms with E-state index in [1.165, 1.54) is 11.3 Å². The van der Waals surface area contributed by atoms with Crippen molar-refractivity contribution < 1.29 is 9.53 Å². The van der Waals surface area contributed by atoms with Gasteiger partial charge in [0.05, 0.1) is 11.1 Å². The molecule has 0 spiro atoms. The molecule has 0 aliphatic carbocycles. The lowest BCUT2D eigenvalue weighted by molar-refractivity contribution is -0.112. The number of rotatable bonds is 9. The Morgan fingerprint density at radius 2 is 2.03 bits per heavy atom. The van der Waals surface area contributed by atoms with Crippen molar-refractivity contribution in [3.63, 3.8) is 0 Å². The Bertz CT molecular complexity index is 1390. The summed E-state index contributed by atoms with van der Waals surface area (Å²) in [4.78, 5) is 21.4. The van der Waals surface area contributed by atoms with Crippen molar-refractivity contribution in [3.05, 3.63) is 53.9 Å². The summed E-state index contributed by atoms with van der Waals surface area (Å²) in [6.07, 6.45) is 3.58. The number of hydrogen-bond acceptors (Lipinski definition) is 7. The van der Waals surface area contributed by atoms with Gasteiger partial charge in [0.1, 0.15) is 28.7 Å². The molecule has 1 amide bonds. The number of fused-ring (bicyclic) bond motifs is 1. The second-order valence-electron chi connectivity index (χ2n) is 9.72. The summed E-state index contributed by atoms with van der Waals surface area (Å²) in [6, 6.07) is 8.70. The van der Waals surface area contributed by atoms with E-state index in [0.717, 1.165) is 43.9 Å². The standard InChI is InChI=1S/C25H30N6O2SSi/c1-16(2)24(32)28-19-9-7-8-18(12-19)22-21-20(25-30-29-17(3)34-25)13-31(23(21)27-14-26-22)15-33-10-11-35(4,5)6/h7-9,12-14H,1,10-11,15H2,2-6H3,(H,28,32). The number of aromatic nitrogens is 5. The number of nitrogens with one attached hydrogen (secondary N) is 1. The highest BCUT2D eigenvalue weighted by Gasteiger charge is 2.20. The molecule has 0 unspecified atom stereocenters. The molecule has 1 aromatic carbocycles. The van der Waals surface area contributed by atoms with E-state index in [0.29, 0.717) is 24.6 Å². The second kappa shape index (κ2) is 10.2. The first-order valence-electron chi connectivity index (χ1n) is 11.4. The summed E-state index contributed by atoms with van der Waals surface area (Å²) in [5, 5.41) is 14.0. The molecule has 182 valence electrons. The molecule has 35 heavy (non-hydrogen) atoms. The number of carbonyl (C=O) groups excluding carboxylic acids is 1. The molecule has 8 nitrogen and oxygen atoms in total. The Balaban J connectivity index is 1.77. The molecule has 0 aliphatic rings. The predicted octanol–water partition coefficient (Wildman–Crippen LogP) is 5.75. The van der Waals surface area contributed by atoms with E-state index in [9.17, 15) is 4.79 Å². The number of aryl methyl sites for hydroxylation is 1. The maximum absolute atomic E-state index is 12.1. The minimum Gasteiger partial charge on any atom is -0.361 e. The molecular weight excluding hydrogens is 476 g/mol. The van der Waals surface area contributed by atoms with E-state index >= 15 is 0 Å². The van der Waals surface area contributed by atoms with Crippen LogP contribution in [0, 0.1) is 6.92 Å². The fourth-order valence-electron chi connectivity index (χ4n) is 3.53. The van der Waals surface area contributed by atoms with Gasteiger partial charge in [-0.2, -0.15) is 0 Å². The molecule has 0 saturated heterocycles. The third-order valence-corrected chi connectivity index (χ3v) is 7.99. The Morgan fingerprint density at radius 3 is 2.71 bits per heavy atom. The van der Waals surface area contributed by atoms with Crippen LogP contribution in [-0.2, 0) is 16.3 Å². The Labute approximate surface area is 210 Å². The van der Waals surface area contributed by atoms with Crippen LogP contribution < -0.4 is 5.32 Å². The SMILES string of the molecule is C=C(C)C(=O)Nc1cccc(-c2ncnc3c2c(-c2nnc(C)s2)cn3COCC[Si](C)(C)C)c1. The third kappa shape index (κ3) is 5.89. The van der Waals surface area contributed by atoms with Crippen LogP contribution in [0.2, 0.25) is 25.7 Å². The van der Waals surface area contributed by atoms with E-state index in [1.54, 1.807) is 13.3 Å². The van der Waals surface area contributed by atoms with Crippen molar-refractivity contribution in [2.24, 2.45) is 0 Å². The summed E-state index contributed by atoms with van der Waals surface area (Å²) in [5.41, 5.74) is 4.40. The molecule has 1 N–H and O–H groups in total. The van der Waals surface area contributed by atoms with Gasteiger partial charge >= 0.3 is 0 Å². The van der Waals surface area contributed by atoms with Crippen LogP contribution in [0.1, 0.15) is 11.9 Å². The zero-order valence-electron chi connectivity index (χ0n) is 20.8. The number of hydrogen-bond donors (Lipinski definition) is 1. The fraction of sp³-hybridized carbons (Fsp3) is 0.320. The van der Waals surface area contributed by atoms with Gasteiger partial charge in [-0.25, -0.2) is 9.97 Å². The van der Waals surface area contributed by atoms with Gasteiger partial charge in [0.25, 0.3) is 5.91 Å². The maximum atomic E-state index is 12.1. The number of ether oxygens (including phenoxy) is 1. The summed E-state index contributed by atoms with van der Waals surface area (Å²) < 4.78 is 8.04. The van der Waals surface area contributed by atoms with Crippen molar-refractivity contribution in [2.75, 3.05) is 11.9 Å². The zero-order valence-corrected chi connectivity index (χ0v) is 22.6. The monoisotopic (exact) mass is 506 g/mol. The normalized spacial score (nSPS) is 11.7. The van der Waals surface area contributed by atoms with E-state index in [-0.39, 0.29) is 5.91 Å².